The Morgan fingerprint density at radius 1 is 0.345 bits per heavy atom. The second-order valence-corrected chi connectivity index (χ2v) is 15.6. The van der Waals surface area contributed by atoms with Gasteiger partial charge in [-0.25, -0.2) is 15.0 Å². The molecule has 0 aliphatic heterocycles. The molecule has 0 N–H and O–H groups in total. The second kappa shape index (κ2) is 13.4. The van der Waals surface area contributed by atoms with Gasteiger partial charge in [-0.3, -0.25) is 0 Å². The van der Waals surface area contributed by atoms with Crippen molar-refractivity contribution in [2.75, 3.05) is 0 Å². The predicted molar refractivity (Wildman–Crippen MR) is 239 cm³/mol. The molecular formula is C54H38N4. The number of fused-ring (bicyclic) bond motifs is 6. The van der Waals surface area contributed by atoms with Gasteiger partial charge in [-0.1, -0.05) is 178 Å². The van der Waals surface area contributed by atoms with Crippen LogP contribution in [0.2, 0.25) is 0 Å². The van der Waals surface area contributed by atoms with Crippen LogP contribution in [-0.2, 0) is 5.41 Å². The molecule has 0 fully saturated rings. The quantitative estimate of drug-likeness (QED) is 0.170. The van der Waals surface area contributed by atoms with Crippen molar-refractivity contribution in [1.29, 1.82) is 0 Å². The highest BCUT2D eigenvalue weighted by atomic mass is 15.0. The van der Waals surface area contributed by atoms with Crippen LogP contribution in [-0.4, -0.2) is 19.5 Å². The maximum atomic E-state index is 5.05. The van der Waals surface area contributed by atoms with Crippen LogP contribution in [0.5, 0.6) is 0 Å². The molecule has 2 aromatic heterocycles. The average molecular weight is 743 g/mol. The molecule has 0 unspecified atom stereocenters. The Hall–Kier alpha value is -7.43. The van der Waals surface area contributed by atoms with Crippen molar-refractivity contribution in [3.63, 3.8) is 0 Å². The third-order valence-electron chi connectivity index (χ3n) is 11.9. The van der Waals surface area contributed by atoms with Crippen molar-refractivity contribution >= 4 is 21.8 Å². The van der Waals surface area contributed by atoms with Gasteiger partial charge in [0.05, 0.1) is 11.0 Å². The maximum Gasteiger partial charge on any atom is 0.164 e. The second-order valence-electron chi connectivity index (χ2n) is 15.6. The Bertz CT molecular complexity index is 3140. The summed E-state index contributed by atoms with van der Waals surface area (Å²) in [5.41, 5.74) is 16.3. The van der Waals surface area contributed by atoms with E-state index in [2.05, 4.69) is 152 Å². The van der Waals surface area contributed by atoms with E-state index in [0.29, 0.717) is 17.5 Å². The first-order chi connectivity index (χ1) is 28.5. The van der Waals surface area contributed by atoms with Crippen LogP contribution >= 0.6 is 0 Å². The van der Waals surface area contributed by atoms with Gasteiger partial charge in [0.1, 0.15) is 0 Å². The molecule has 0 saturated heterocycles. The molecule has 0 radical (unpaired) electrons. The minimum absolute atomic E-state index is 0.0706. The van der Waals surface area contributed by atoms with Gasteiger partial charge in [-0.15, -0.1) is 0 Å². The van der Waals surface area contributed by atoms with Crippen LogP contribution in [0.25, 0.3) is 95.0 Å². The molecule has 4 heteroatoms. The Morgan fingerprint density at radius 3 is 1.57 bits per heavy atom. The Kier molecular flexibility index (Phi) is 7.80. The molecule has 10 aromatic rings. The SMILES string of the molecule is CC1(C)c2ccccc2-c2ccc(-c3ccccc3-c3ccc4c5ccccc5n(-c5cccc(-c6nc(-c7ccccc7)nc(-c7ccccc7)n6)c5)c4c3)cc21. The number of rotatable bonds is 6. The summed E-state index contributed by atoms with van der Waals surface area (Å²) in [5, 5.41) is 2.42. The van der Waals surface area contributed by atoms with E-state index < -0.39 is 0 Å². The van der Waals surface area contributed by atoms with E-state index in [-0.39, 0.29) is 5.41 Å². The van der Waals surface area contributed by atoms with Crippen molar-refractivity contribution in [3.05, 3.63) is 205 Å². The molecule has 1 aliphatic rings. The van der Waals surface area contributed by atoms with Gasteiger partial charge in [-0.05, 0) is 74.8 Å². The normalized spacial score (nSPS) is 12.8. The number of para-hydroxylation sites is 1. The topological polar surface area (TPSA) is 43.6 Å². The fourth-order valence-electron chi connectivity index (χ4n) is 9.00. The first-order valence-electron chi connectivity index (χ1n) is 19.9. The highest BCUT2D eigenvalue weighted by Gasteiger charge is 2.35. The van der Waals surface area contributed by atoms with E-state index in [1.165, 1.54) is 55.3 Å². The molecule has 0 saturated carbocycles. The van der Waals surface area contributed by atoms with Crippen molar-refractivity contribution in [2.45, 2.75) is 19.3 Å². The Labute approximate surface area is 337 Å². The van der Waals surface area contributed by atoms with Crippen LogP contribution in [0.3, 0.4) is 0 Å². The molecule has 0 spiro atoms. The third-order valence-corrected chi connectivity index (χ3v) is 11.9. The summed E-state index contributed by atoms with van der Waals surface area (Å²) in [5.74, 6) is 1.92. The lowest BCUT2D eigenvalue weighted by Crippen LogP contribution is -2.14. The molecular weight excluding hydrogens is 705 g/mol. The molecule has 0 amide bonds. The van der Waals surface area contributed by atoms with E-state index in [1.807, 2.05) is 60.7 Å². The molecule has 58 heavy (non-hydrogen) atoms. The smallest absolute Gasteiger partial charge is 0.164 e. The summed E-state index contributed by atoms with van der Waals surface area (Å²) < 4.78 is 2.38. The van der Waals surface area contributed by atoms with E-state index in [1.54, 1.807) is 0 Å². The number of hydrogen-bond acceptors (Lipinski definition) is 3. The summed E-state index contributed by atoms with van der Waals surface area (Å²) in [6, 6.07) is 69.1. The highest BCUT2D eigenvalue weighted by molar-refractivity contribution is 6.10. The number of benzene rings is 8. The Balaban J connectivity index is 1.06. The summed E-state index contributed by atoms with van der Waals surface area (Å²) in [6.07, 6.45) is 0. The first-order valence-corrected chi connectivity index (χ1v) is 19.9. The third kappa shape index (κ3) is 5.48. The van der Waals surface area contributed by atoms with Gasteiger partial charge in [0, 0.05) is 38.6 Å². The highest BCUT2D eigenvalue weighted by Crippen LogP contribution is 2.50. The van der Waals surface area contributed by atoms with E-state index in [0.717, 1.165) is 33.4 Å². The van der Waals surface area contributed by atoms with E-state index >= 15 is 0 Å². The molecule has 0 bridgehead atoms. The zero-order valence-electron chi connectivity index (χ0n) is 32.3. The molecule has 274 valence electrons. The van der Waals surface area contributed by atoms with Gasteiger partial charge >= 0.3 is 0 Å². The largest absolute Gasteiger partial charge is 0.309 e. The van der Waals surface area contributed by atoms with E-state index in [4.69, 9.17) is 15.0 Å². The van der Waals surface area contributed by atoms with Gasteiger partial charge in [0.15, 0.2) is 17.5 Å². The van der Waals surface area contributed by atoms with Crippen LogP contribution in [0.1, 0.15) is 25.0 Å². The maximum absolute atomic E-state index is 5.05. The number of hydrogen-bond donors (Lipinski definition) is 0. The predicted octanol–water partition coefficient (Wildman–Crippen LogP) is 13.6. The van der Waals surface area contributed by atoms with Crippen LogP contribution < -0.4 is 0 Å². The fourth-order valence-corrected chi connectivity index (χ4v) is 9.00. The monoisotopic (exact) mass is 742 g/mol. The summed E-state index contributed by atoms with van der Waals surface area (Å²) in [4.78, 5) is 15.0. The van der Waals surface area contributed by atoms with Crippen LogP contribution in [0, 0.1) is 0 Å². The molecule has 2 heterocycles. The number of aromatic nitrogens is 4. The van der Waals surface area contributed by atoms with Crippen molar-refractivity contribution in [3.8, 4) is 73.2 Å². The average Bonchev–Trinajstić information content (AvgIpc) is 3.74. The zero-order chi connectivity index (χ0) is 38.8. The lowest BCUT2D eigenvalue weighted by molar-refractivity contribution is 0.660. The molecule has 8 aromatic carbocycles. The standard InChI is InChI=1S/C54H38N4/c1-54(2)47-26-13-11-24-43(47)44-30-28-37(33-48(44)54)41-22-9-10-23-42(41)38-29-31-46-45-25-12-14-27-49(45)58(50(46)34-38)40-21-15-20-39(32-40)53-56-51(35-16-5-3-6-17-35)55-52(57-53)36-18-7-4-8-19-36/h3-34H,1-2H3. The minimum Gasteiger partial charge on any atom is -0.309 e. The van der Waals surface area contributed by atoms with Gasteiger partial charge < -0.3 is 4.57 Å². The van der Waals surface area contributed by atoms with Gasteiger partial charge in [0.25, 0.3) is 0 Å². The molecule has 0 atom stereocenters. The Morgan fingerprint density at radius 2 is 0.862 bits per heavy atom. The minimum atomic E-state index is -0.0706. The summed E-state index contributed by atoms with van der Waals surface area (Å²) in [6.45, 7) is 4.70. The first kappa shape index (κ1) is 33.9. The number of nitrogens with zero attached hydrogens (tertiary/aromatic N) is 4. The van der Waals surface area contributed by atoms with Crippen molar-refractivity contribution in [1.82, 2.24) is 19.5 Å². The van der Waals surface area contributed by atoms with Crippen molar-refractivity contribution in [2.24, 2.45) is 0 Å². The van der Waals surface area contributed by atoms with E-state index in [9.17, 15) is 0 Å². The molecule has 4 nitrogen and oxygen atoms in total. The molecule has 11 rings (SSSR count). The van der Waals surface area contributed by atoms with Crippen LogP contribution in [0.15, 0.2) is 194 Å². The van der Waals surface area contributed by atoms with Crippen molar-refractivity contribution < 1.29 is 0 Å². The van der Waals surface area contributed by atoms with Gasteiger partial charge in [-0.2, -0.15) is 0 Å². The lowest BCUT2D eigenvalue weighted by Gasteiger charge is -2.22. The van der Waals surface area contributed by atoms with Crippen LogP contribution in [0.4, 0.5) is 0 Å². The summed E-state index contributed by atoms with van der Waals surface area (Å²) >= 11 is 0. The summed E-state index contributed by atoms with van der Waals surface area (Å²) in [7, 11) is 0. The molecule has 1 aliphatic carbocycles. The zero-order valence-corrected chi connectivity index (χ0v) is 32.3. The fraction of sp³-hybridized carbons (Fsp3) is 0.0556. The van der Waals surface area contributed by atoms with Gasteiger partial charge in [0.2, 0.25) is 0 Å². The lowest BCUT2D eigenvalue weighted by atomic mass is 9.81.